The monoisotopic (exact) mass is 463 g/mol. The molecule has 0 unspecified atom stereocenters. The molecule has 0 fully saturated rings. The molecule has 0 radical (unpaired) electrons. The summed E-state index contributed by atoms with van der Waals surface area (Å²) < 4.78 is 22.0. The SMILES string of the molecule is CCOC(=O)c1cccc(N=c2cc(-c3ccc(OC)c(OC)c3)oc3ccc(Cl)cc23)c1. The maximum absolute atomic E-state index is 12.1. The summed E-state index contributed by atoms with van der Waals surface area (Å²) in [5, 5.41) is 1.95. The van der Waals surface area contributed by atoms with Crippen LogP contribution < -0.4 is 14.8 Å². The summed E-state index contributed by atoms with van der Waals surface area (Å²) in [5.41, 5.74) is 2.45. The lowest BCUT2D eigenvalue weighted by molar-refractivity contribution is 0.0526. The zero-order valence-electron chi connectivity index (χ0n) is 18.4. The van der Waals surface area contributed by atoms with Crippen molar-refractivity contribution < 1.29 is 23.4 Å². The van der Waals surface area contributed by atoms with E-state index in [1.165, 1.54) is 0 Å². The predicted octanol–water partition coefficient (Wildman–Crippen LogP) is 6.18. The Morgan fingerprint density at radius 2 is 1.79 bits per heavy atom. The maximum Gasteiger partial charge on any atom is 0.338 e. The molecular weight excluding hydrogens is 442 g/mol. The van der Waals surface area contributed by atoms with E-state index in [0.717, 1.165) is 10.9 Å². The molecule has 0 saturated heterocycles. The third-order valence-corrected chi connectivity index (χ3v) is 5.22. The molecule has 0 atom stereocenters. The molecule has 168 valence electrons. The second-order valence-electron chi connectivity index (χ2n) is 7.09. The maximum atomic E-state index is 12.1. The van der Waals surface area contributed by atoms with Gasteiger partial charge < -0.3 is 18.6 Å². The summed E-state index contributed by atoms with van der Waals surface area (Å²) in [6.45, 7) is 2.07. The highest BCUT2D eigenvalue weighted by Gasteiger charge is 2.11. The van der Waals surface area contributed by atoms with E-state index in [2.05, 4.69) is 0 Å². The highest BCUT2D eigenvalue weighted by Crippen LogP contribution is 2.33. The topological polar surface area (TPSA) is 70.3 Å². The van der Waals surface area contributed by atoms with Gasteiger partial charge in [0.1, 0.15) is 11.3 Å². The predicted molar refractivity (Wildman–Crippen MR) is 127 cm³/mol. The molecule has 0 bridgehead atoms. The number of hydrogen-bond acceptors (Lipinski definition) is 6. The van der Waals surface area contributed by atoms with Crippen LogP contribution in [0.3, 0.4) is 0 Å². The average molecular weight is 464 g/mol. The van der Waals surface area contributed by atoms with Crippen LogP contribution in [0.5, 0.6) is 11.5 Å². The Morgan fingerprint density at radius 3 is 2.55 bits per heavy atom. The van der Waals surface area contributed by atoms with Crippen LogP contribution in [0.15, 0.2) is 76.1 Å². The minimum Gasteiger partial charge on any atom is -0.493 e. The van der Waals surface area contributed by atoms with Crippen molar-refractivity contribution in [2.45, 2.75) is 6.92 Å². The van der Waals surface area contributed by atoms with Gasteiger partial charge in [-0.05, 0) is 61.5 Å². The standard InChI is InChI=1S/C26H22ClNO5/c1-4-32-26(29)17-6-5-7-19(12-17)28-21-15-24(33-22-11-9-18(27)14-20(21)22)16-8-10-23(30-2)25(13-16)31-3/h5-15H,4H2,1-3H3. The van der Waals surface area contributed by atoms with Crippen molar-refractivity contribution in [3.63, 3.8) is 0 Å². The summed E-state index contributed by atoms with van der Waals surface area (Å²) in [6.07, 6.45) is 0. The number of hydrogen-bond donors (Lipinski definition) is 0. The van der Waals surface area contributed by atoms with Crippen LogP contribution in [-0.4, -0.2) is 26.8 Å². The molecule has 0 aliphatic rings. The molecule has 0 N–H and O–H groups in total. The zero-order chi connectivity index (χ0) is 23.4. The number of rotatable bonds is 6. The fourth-order valence-electron chi connectivity index (χ4n) is 3.42. The third-order valence-electron chi connectivity index (χ3n) is 4.98. The number of nitrogens with zero attached hydrogens (tertiary/aromatic N) is 1. The van der Waals surface area contributed by atoms with Crippen LogP contribution in [0.2, 0.25) is 5.02 Å². The van der Waals surface area contributed by atoms with Crippen molar-refractivity contribution in [2.75, 3.05) is 20.8 Å². The second kappa shape index (κ2) is 9.79. The van der Waals surface area contributed by atoms with Gasteiger partial charge in [0.2, 0.25) is 0 Å². The molecule has 0 saturated carbocycles. The molecular formula is C26H22ClNO5. The smallest absolute Gasteiger partial charge is 0.338 e. The summed E-state index contributed by atoms with van der Waals surface area (Å²) in [6, 6.07) is 19.7. The normalized spacial score (nSPS) is 11.5. The Balaban J connectivity index is 1.90. The molecule has 1 heterocycles. The van der Waals surface area contributed by atoms with Crippen molar-refractivity contribution in [3.8, 4) is 22.8 Å². The van der Waals surface area contributed by atoms with Gasteiger partial charge in [-0.15, -0.1) is 0 Å². The van der Waals surface area contributed by atoms with E-state index < -0.39 is 5.97 Å². The summed E-state index contributed by atoms with van der Waals surface area (Å²) >= 11 is 6.25. The van der Waals surface area contributed by atoms with E-state index in [-0.39, 0.29) is 0 Å². The van der Waals surface area contributed by atoms with E-state index in [1.807, 2.05) is 30.3 Å². The number of benzene rings is 3. The molecule has 4 aromatic rings. The Kier molecular flexibility index (Phi) is 6.66. The number of ether oxygens (including phenoxy) is 3. The van der Waals surface area contributed by atoms with Gasteiger partial charge in [0, 0.05) is 22.0 Å². The Bertz CT molecular complexity index is 1390. The lowest BCUT2D eigenvalue weighted by Crippen LogP contribution is -2.05. The van der Waals surface area contributed by atoms with E-state index >= 15 is 0 Å². The highest BCUT2D eigenvalue weighted by atomic mass is 35.5. The third kappa shape index (κ3) is 4.86. The molecule has 0 aliphatic heterocycles. The fourth-order valence-corrected chi connectivity index (χ4v) is 3.59. The van der Waals surface area contributed by atoms with Gasteiger partial charge in [-0.1, -0.05) is 17.7 Å². The van der Waals surface area contributed by atoms with Crippen LogP contribution in [0.25, 0.3) is 22.3 Å². The second-order valence-corrected chi connectivity index (χ2v) is 7.53. The Labute approximate surface area is 196 Å². The number of esters is 1. The van der Waals surface area contributed by atoms with E-state index in [9.17, 15) is 4.79 Å². The largest absolute Gasteiger partial charge is 0.493 e. The summed E-state index contributed by atoms with van der Waals surface area (Å²) in [4.78, 5) is 16.9. The van der Waals surface area contributed by atoms with Crippen LogP contribution in [0, 0.1) is 0 Å². The number of carbonyl (C=O) groups is 1. The average Bonchev–Trinajstić information content (AvgIpc) is 2.84. The van der Waals surface area contributed by atoms with Gasteiger partial charge in [0.25, 0.3) is 0 Å². The van der Waals surface area contributed by atoms with Crippen molar-refractivity contribution in [1.82, 2.24) is 0 Å². The molecule has 0 spiro atoms. The van der Waals surface area contributed by atoms with Crippen LogP contribution in [0.1, 0.15) is 17.3 Å². The quantitative estimate of drug-likeness (QED) is 0.319. The molecule has 7 heteroatoms. The number of methoxy groups -OCH3 is 2. The van der Waals surface area contributed by atoms with Gasteiger partial charge in [-0.3, -0.25) is 0 Å². The minimum absolute atomic E-state index is 0.304. The van der Waals surface area contributed by atoms with E-state index in [1.54, 1.807) is 57.5 Å². The van der Waals surface area contributed by atoms with Crippen molar-refractivity contribution in [2.24, 2.45) is 4.99 Å². The van der Waals surface area contributed by atoms with Crippen LogP contribution in [-0.2, 0) is 4.74 Å². The van der Waals surface area contributed by atoms with Crippen molar-refractivity contribution in [1.29, 1.82) is 0 Å². The van der Waals surface area contributed by atoms with Gasteiger partial charge >= 0.3 is 5.97 Å². The zero-order valence-corrected chi connectivity index (χ0v) is 19.2. The first-order valence-corrected chi connectivity index (χ1v) is 10.7. The highest BCUT2D eigenvalue weighted by molar-refractivity contribution is 6.31. The first-order chi connectivity index (χ1) is 16.0. The molecule has 0 amide bonds. The lowest BCUT2D eigenvalue weighted by atomic mass is 10.1. The number of fused-ring (bicyclic) bond motifs is 1. The van der Waals surface area contributed by atoms with Gasteiger partial charge in [-0.25, -0.2) is 9.79 Å². The van der Waals surface area contributed by atoms with Gasteiger partial charge in [0.05, 0.1) is 37.4 Å². The fraction of sp³-hybridized carbons (Fsp3) is 0.154. The summed E-state index contributed by atoms with van der Waals surface area (Å²) in [5.74, 6) is 1.40. The first-order valence-electron chi connectivity index (χ1n) is 10.3. The Hall–Kier alpha value is -3.77. The number of halogens is 1. The van der Waals surface area contributed by atoms with Gasteiger partial charge in [-0.2, -0.15) is 0 Å². The lowest BCUT2D eigenvalue weighted by Gasteiger charge is -2.10. The molecule has 0 aliphatic carbocycles. The van der Waals surface area contributed by atoms with E-state index in [0.29, 0.717) is 51.1 Å². The van der Waals surface area contributed by atoms with Crippen LogP contribution >= 0.6 is 11.6 Å². The van der Waals surface area contributed by atoms with E-state index in [4.69, 9.17) is 35.2 Å². The molecule has 6 nitrogen and oxygen atoms in total. The Morgan fingerprint density at radius 1 is 0.970 bits per heavy atom. The summed E-state index contributed by atoms with van der Waals surface area (Å²) in [7, 11) is 3.17. The van der Waals surface area contributed by atoms with Gasteiger partial charge in [0.15, 0.2) is 11.5 Å². The molecule has 33 heavy (non-hydrogen) atoms. The molecule has 1 aromatic heterocycles. The minimum atomic E-state index is -0.392. The molecule has 4 rings (SSSR count). The number of carbonyl (C=O) groups excluding carboxylic acids is 1. The van der Waals surface area contributed by atoms with Crippen molar-refractivity contribution in [3.05, 3.63) is 82.7 Å². The first kappa shape index (κ1) is 22.4. The van der Waals surface area contributed by atoms with Crippen LogP contribution in [0.4, 0.5) is 5.69 Å². The molecule has 3 aromatic carbocycles. The van der Waals surface area contributed by atoms with Crippen molar-refractivity contribution >= 4 is 34.2 Å².